The Labute approximate surface area is 111 Å². The largest absolute Gasteiger partial charge is 0.478 e. The fourth-order valence-corrected chi connectivity index (χ4v) is 3.11. The molecule has 98 valence electrons. The van der Waals surface area contributed by atoms with E-state index in [0.29, 0.717) is 5.56 Å². The van der Waals surface area contributed by atoms with Gasteiger partial charge in [0.25, 0.3) is 0 Å². The van der Waals surface area contributed by atoms with Crippen LogP contribution in [-0.2, 0) is 4.74 Å². The fourth-order valence-electron chi connectivity index (χ4n) is 1.95. The fraction of sp³-hybridized carbons (Fsp3) is 0.462. The van der Waals surface area contributed by atoms with Gasteiger partial charge in [-0.2, -0.15) is 0 Å². The summed E-state index contributed by atoms with van der Waals surface area (Å²) in [7, 11) is 0. The Morgan fingerprint density at radius 3 is 2.72 bits per heavy atom. The molecular weight excluding hydrogens is 250 g/mol. The maximum atomic E-state index is 11.1. The van der Waals surface area contributed by atoms with Crippen LogP contribution in [0.3, 0.4) is 0 Å². The molecule has 1 fully saturated rings. The Bertz CT molecular complexity index is 418. The van der Waals surface area contributed by atoms with Crippen molar-refractivity contribution in [3.05, 3.63) is 29.8 Å². The number of benzene rings is 1. The molecule has 0 radical (unpaired) electrons. The van der Waals surface area contributed by atoms with Gasteiger partial charge in [0, 0.05) is 18.0 Å². The van der Waals surface area contributed by atoms with Crippen molar-refractivity contribution in [3.8, 4) is 0 Å². The minimum absolute atomic E-state index is 0.259. The molecule has 4 nitrogen and oxygen atoms in total. The molecule has 0 aromatic heterocycles. The number of carbonyl (C=O) groups is 1. The summed E-state index contributed by atoms with van der Waals surface area (Å²) in [5, 5.41) is 9.40. The van der Waals surface area contributed by atoms with E-state index < -0.39 is 5.97 Å². The smallest absolute Gasteiger partial charge is 0.336 e. The second-order valence-corrected chi connectivity index (χ2v) is 5.52. The molecule has 1 atom stereocenters. The van der Waals surface area contributed by atoms with Crippen molar-refractivity contribution in [2.75, 3.05) is 26.3 Å². The predicted molar refractivity (Wildman–Crippen MR) is 71.1 cm³/mol. The minimum atomic E-state index is -0.868. The zero-order valence-electron chi connectivity index (χ0n) is 10.3. The van der Waals surface area contributed by atoms with Crippen LogP contribution in [0.25, 0.3) is 0 Å². The Hall–Kier alpha value is -1.04. The lowest BCUT2D eigenvalue weighted by molar-refractivity contribution is 0.0351. The minimum Gasteiger partial charge on any atom is -0.478 e. The zero-order valence-corrected chi connectivity index (χ0v) is 11.2. The van der Waals surface area contributed by atoms with Gasteiger partial charge in [-0.1, -0.05) is 12.1 Å². The first-order valence-electron chi connectivity index (χ1n) is 5.99. The van der Waals surface area contributed by atoms with Gasteiger partial charge in [-0.25, -0.2) is 4.79 Å². The molecule has 0 bridgehead atoms. The van der Waals surface area contributed by atoms with E-state index in [1.807, 2.05) is 12.1 Å². The van der Waals surface area contributed by atoms with Crippen molar-refractivity contribution in [3.63, 3.8) is 0 Å². The van der Waals surface area contributed by atoms with Gasteiger partial charge in [0.2, 0.25) is 0 Å². The standard InChI is InChI=1S/C13H17NO3S/c1-10(14-6-8-17-9-7-14)18-12-5-3-2-4-11(12)13(15)16/h2-5,10H,6-9H2,1H3,(H,15,16). The van der Waals surface area contributed by atoms with Gasteiger partial charge in [-0.3, -0.25) is 4.90 Å². The third-order valence-electron chi connectivity index (χ3n) is 2.97. The average Bonchev–Trinajstić information content (AvgIpc) is 2.40. The summed E-state index contributed by atoms with van der Waals surface area (Å²) in [5.74, 6) is -0.868. The molecule has 0 saturated carbocycles. The van der Waals surface area contributed by atoms with E-state index in [1.165, 1.54) is 0 Å². The molecule has 0 aliphatic carbocycles. The Kier molecular flexibility index (Phi) is 4.63. The third kappa shape index (κ3) is 3.25. The van der Waals surface area contributed by atoms with E-state index in [4.69, 9.17) is 9.84 Å². The number of hydrogen-bond donors (Lipinski definition) is 1. The molecule has 1 saturated heterocycles. The predicted octanol–water partition coefficient (Wildman–Crippen LogP) is 2.16. The van der Waals surface area contributed by atoms with Crippen molar-refractivity contribution in [2.24, 2.45) is 0 Å². The SMILES string of the molecule is CC(Sc1ccccc1C(=O)O)N1CCOCC1. The molecule has 1 aromatic carbocycles. The Morgan fingerprint density at radius 1 is 1.39 bits per heavy atom. The van der Waals surface area contributed by atoms with Crippen LogP contribution in [0.4, 0.5) is 0 Å². The van der Waals surface area contributed by atoms with Crippen LogP contribution < -0.4 is 0 Å². The highest BCUT2D eigenvalue weighted by molar-refractivity contribution is 8.00. The van der Waals surface area contributed by atoms with Crippen molar-refractivity contribution < 1.29 is 14.6 Å². The summed E-state index contributed by atoms with van der Waals surface area (Å²) in [6, 6.07) is 7.15. The molecule has 1 aliphatic rings. The van der Waals surface area contributed by atoms with Crippen LogP contribution in [-0.4, -0.2) is 47.7 Å². The van der Waals surface area contributed by atoms with Crippen LogP contribution in [0.2, 0.25) is 0 Å². The van der Waals surface area contributed by atoms with Crippen molar-refractivity contribution in [2.45, 2.75) is 17.2 Å². The molecule has 5 heteroatoms. The van der Waals surface area contributed by atoms with Crippen LogP contribution in [0.1, 0.15) is 17.3 Å². The maximum Gasteiger partial charge on any atom is 0.336 e. The number of carboxylic acid groups (broad SMARTS) is 1. The number of aromatic carboxylic acids is 1. The molecule has 1 aromatic rings. The molecule has 2 rings (SSSR count). The van der Waals surface area contributed by atoms with E-state index in [2.05, 4.69) is 11.8 Å². The number of thioether (sulfide) groups is 1. The van der Waals surface area contributed by atoms with Crippen LogP contribution >= 0.6 is 11.8 Å². The summed E-state index contributed by atoms with van der Waals surface area (Å²) in [5.41, 5.74) is 0.377. The van der Waals surface area contributed by atoms with E-state index in [-0.39, 0.29) is 5.37 Å². The maximum absolute atomic E-state index is 11.1. The summed E-state index contributed by atoms with van der Waals surface area (Å²) in [4.78, 5) is 14.3. The van der Waals surface area contributed by atoms with Gasteiger partial charge in [-0.05, 0) is 19.1 Å². The summed E-state index contributed by atoms with van der Waals surface area (Å²) in [6.07, 6.45) is 0. The number of nitrogens with zero attached hydrogens (tertiary/aromatic N) is 1. The number of morpholine rings is 1. The van der Waals surface area contributed by atoms with Crippen LogP contribution in [0.5, 0.6) is 0 Å². The molecule has 1 heterocycles. The highest BCUT2D eigenvalue weighted by atomic mass is 32.2. The second kappa shape index (κ2) is 6.22. The first kappa shape index (κ1) is 13.4. The van der Waals surface area contributed by atoms with Crippen LogP contribution in [0.15, 0.2) is 29.2 Å². The van der Waals surface area contributed by atoms with Gasteiger partial charge in [0.1, 0.15) is 0 Å². The summed E-state index contributed by atoms with van der Waals surface area (Å²) in [6.45, 7) is 5.43. The second-order valence-electron chi connectivity index (χ2n) is 4.17. The molecule has 0 spiro atoms. The quantitative estimate of drug-likeness (QED) is 0.847. The monoisotopic (exact) mass is 267 g/mol. The van der Waals surface area contributed by atoms with E-state index in [9.17, 15) is 4.79 Å². The lowest BCUT2D eigenvalue weighted by Gasteiger charge is -2.31. The van der Waals surface area contributed by atoms with Gasteiger partial charge in [-0.15, -0.1) is 11.8 Å². The normalized spacial score (nSPS) is 18.5. The molecule has 1 aliphatic heterocycles. The third-order valence-corrected chi connectivity index (χ3v) is 4.22. The zero-order chi connectivity index (χ0) is 13.0. The van der Waals surface area contributed by atoms with Crippen molar-refractivity contribution >= 4 is 17.7 Å². The van der Waals surface area contributed by atoms with E-state index in [1.54, 1.807) is 23.9 Å². The molecule has 18 heavy (non-hydrogen) atoms. The number of carboxylic acids is 1. The molecular formula is C13H17NO3S. The number of ether oxygens (including phenoxy) is 1. The lowest BCUT2D eigenvalue weighted by atomic mass is 10.2. The summed E-state index contributed by atoms with van der Waals surface area (Å²) < 4.78 is 5.32. The summed E-state index contributed by atoms with van der Waals surface area (Å²) >= 11 is 1.59. The van der Waals surface area contributed by atoms with E-state index >= 15 is 0 Å². The topological polar surface area (TPSA) is 49.8 Å². The molecule has 0 amide bonds. The van der Waals surface area contributed by atoms with Gasteiger partial charge < -0.3 is 9.84 Å². The van der Waals surface area contributed by atoms with Crippen molar-refractivity contribution in [1.82, 2.24) is 4.90 Å². The first-order valence-corrected chi connectivity index (χ1v) is 6.87. The molecule has 1 unspecified atom stereocenters. The highest BCUT2D eigenvalue weighted by Gasteiger charge is 2.20. The Morgan fingerprint density at radius 2 is 2.06 bits per heavy atom. The average molecular weight is 267 g/mol. The van der Waals surface area contributed by atoms with E-state index in [0.717, 1.165) is 31.2 Å². The first-order chi connectivity index (χ1) is 8.68. The molecule has 1 N–H and O–H groups in total. The number of hydrogen-bond acceptors (Lipinski definition) is 4. The lowest BCUT2D eigenvalue weighted by Crippen LogP contribution is -2.40. The van der Waals surface area contributed by atoms with Gasteiger partial charge in [0.15, 0.2) is 0 Å². The number of rotatable bonds is 4. The van der Waals surface area contributed by atoms with Crippen molar-refractivity contribution in [1.29, 1.82) is 0 Å². The van der Waals surface area contributed by atoms with Crippen LogP contribution in [0, 0.1) is 0 Å². The van der Waals surface area contributed by atoms with Gasteiger partial charge >= 0.3 is 5.97 Å². The van der Waals surface area contributed by atoms with Gasteiger partial charge in [0.05, 0.1) is 24.2 Å². The highest BCUT2D eigenvalue weighted by Crippen LogP contribution is 2.29. The Balaban J connectivity index is 2.06.